The average Bonchev–Trinajstić information content (AvgIpc) is 2.89. The minimum absolute atomic E-state index is 0.0864. The number of thiophene rings is 1. The SMILES string of the molecule is C=CCn1c(NCCCC)nc2sc3c(c2c1=O)CCCC3. The van der Waals surface area contributed by atoms with Crippen molar-refractivity contribution in [3.8, 4) is 0 Å². The number of hydrogen-bond acceptors (Lipinski definition) is 4. The van der Waals surface area contributed by atoms with Crippen molar-refractivity contribution in [1.82, 2.24) is 9.55 Å². The van der Waals surface area contributed by atoms with Gasteiger partial charge in [0.15, 0.2) is 0 Å². The van der Waals surface area contributed by atoms with Gasteiger partial charge in [-0.25, -0.2) is 4.98 Å². The predicted molar refractivity (Wildman–Crippen MR) is 94.1 cm³/mol. The molecule has 1 aliphatic rings. The fraction of sp³-hybridized carbons (Fsp3) is 0.529. The Morgan fingerprint density at radius 3 is 3.00 bits per heavy atom. The number of aryl methyl sites for hydroxylation is 2. The van der Waals surface area contributed by atoms with Crippen molar-refractivity contribution in [3.05, 3.63) is 33.4 Å². The van der Waals surface area contributed by atoms with Crippen LogP contribution >= 0.6 is 11.3 Å². The monoisotopic (exact) mass is 317 g/mol. The zero-order chi connectivity index (χ0) is 15.5. The first-order chi connectivity index (χ1) is 10.8. The van der Waals surface area contributed by atoms with Crippen LogP contribution in [0.3, 0.4) is 0 Å². The van der Waals surface area contributed by atoms with Gasteiger partial charge in [-0.1, -0.05) is 19.4 Å². The van der Waals surface area contributed by atoms with E-state index in [2.05, 4.69) is 18.8 Å². The molecule has 0 amide bonds. The Morgan fingerprint density at radius 1 is 1.41 bits per heavy atom. The number of unbranched alkanes of at least 4 members (excludes halogenated alkanes) is 1. The minimum Gasteiger partial charge on any atom is -0.356 e. The minimum atomic E-state index is 0.0864. The maximum Gasteiger partial charge on any atom is 0.264 e. The van der Waals surface area contributed by atoms with Gasteiger partial charge >= 0.3 is 0 Å². The van der Waals surface area contributed by atoms with Crippen LogP contribution in [0.25, 0.3) is 10.2 Å². The molecule has 1 aliphatic carbocycles. The number of aromatic nitrogens is 2. The molecule has 1 N–H and O–H groups in total. The quantitative estimate of drug-likeness (QED) is 0.652. The Balaban J connectivity index is 2.12. The number of nitrogens with zero attached hydrogens (tertiary/aromatic N) is 2. The largest absolute Gasteiger partial charge is 0.356 e. The van der Waals surface area contributed by atoms with E-state index in [9.17, 15) is 4.79 Å². The third kappa shape index (κ3) is 2.70. The number of anilines is 1. The highest BCUT2D eigenvalue weighted by molar-refractivity contribution is 7.18. The smallest absolute Gasteiger partial charge is 0.264 e. The molecule has 0 aromatic carbocycles. The predicted octanol–water partition coefficient (Wildman–Crippen LogP) is 3.73. The topological polar surface area (TPSA) is 46.9 Å². The molecule has 0 radical (unpaired) electrons. The van der Waals surface area contributed by atoms with E-state index < -0.39 is 0 Å². The fourth-order valence-electron chi connectivity index (χ4n) is 3.05. The number of fused-ring (bicyclic) bond motifs is 3. The van der Waals surface area contributed by atoms with E-state index in [1.54, 1.807) is 22.0 Å². The Labute approximate surface area is 134 Å². The molecular formula is C17H23N3OS. The van der Waals surface area contributed by atoms with Gasteiger partial charge in [0.2, 0.25) is 5.95 Å². The summed E-state index contributed by atoms with van der Waals surface area (Å²) in [6.45, 7) is 7.28. The third-order valence-electron chi connectivity index (χ3n) is 4.20. The highest BCUT2D eigenvalue weighted by Gasteiger charge is 2.21. The van der Waals surface area contributed by atoms with Crippen molar-refractivity contribution in [2.45, 2.75) is 52.0 Å². The number of allylic oxidation sites excluding steroid dienone is 1. The zero-order valence-electron chi connectivity index (χ0n) is 13.2. The lowest BCUT2D eigenvalue weighted by Crippen LogP contribution is -2.25. The number of rotatable bonds is 6. The van der Waals surface area contributed by atoms with Crippen LogP contribution < -0.4 is 10.9 Å². The second-order valence-corrected chi connectivity index (χ2v) is 6.89. The summed E-state index contributed by atoms with van der Waals surface area (Å²) >= 11 is 1.70. The van der Waals surface area contributed by atoms with Gasteiger partial charge in [0, 0.05) is 18.0 Å². The molecule has 118 valence electrons. The fourth-order valence-corrected chi connectivity index (χ4v) is 4.30. The molecule has 0 unspecified atom stereocenters. The maximum absolute atomic E-state index is 12.9. The van der Waals surface area contributed by atoms with Crippen LogP contribution in [0.2, 0.25) is 0 Å². The first-order valence-electron chi connectivity index (χ1n) is 8.16. The normalized spacial score (nSPS) is 14.0. The Kier molecular flexibility index (Phi) is 4.62. The van der Waals surface area contributed by atoms with Crippen molar-refractivity contribution in [2.75, 3.05) is 11.9 Å². The zero-order valence-corrected chi connectivity index (χ0v) is 14.0. The van der Waals surface area contributed by atoms with Crippen LogP contribution in [-0.2, 0) is 19.4 Å². The van der Waals surface area contributed by atoms with E-state index in [1.807, 2.05) is 0 Å². The molecule has 3 rings (SSSR count). The van der Waals surface area contributed by atoms with Crippen molar-refractivity contribution < 1.29 is 0 Å². The molecule has 2 heterocycles. The molecule has 22 heavy (non-hydrogen) atoms. The van der Waals surface area contributed by atoms with Gasteiger partial charge in [-0.05, 0) is 37.7 Å². The van der Waals surface area contributed by atoms with Gasteiger partial charge in [0.1, 0.15) is 4.83 Å². The lowest BCUT2D eigenvalue weighted by molar-refractivity contribution is 0.698. The van der Waals surface area contributed by atoms with Crippen LogP contribution in [0.15, 0.2) is 17.4 Å². The van der Waals surface area contributed by atoms with Gasteiger partial charge in [0.05, 0.1) is 5.39 Å². The van der Waals surface area contributed by atoms with Gasteiger partial charge in [-0.2, -0.15) is 0 Å². The van der Waals surface area contributed by atoms with E-state index in [0.29, 0.717) is 12.5 Å². The van der Waals surface area contributed by atoms with E-state index in [0.717, 1.165) is 42.4 Å². The lowest BCUT2D eigenvalue weighted by atomic mass is 9.97. The standard InChI is InChI=1S/C17H23N3OS/c1-3-5-10-18-17-19-15-14(16(21)20(17)11-4-2)12-8-6-7-9-13(12)22-15/h4H,2-3,5-11H2,1H3,(H,18,19). The highest BCUT2D eigenvalue weighted by atomic mass is 32.1. The Bertz CT molecular complexity index is 744. The van der Waals surface area contributed by atoms with Gasteiger partial charge in [0.25, 0.3) is 5.56 Å². The van der Waals surface area contributed by atoms with Crippen LogP contribution in [0.4, 0.5) is 5.95 Å². The molecule has 5 heteroatoms. The van der Waals surface area contributed by atoms with E-state index >= 15 is 0 Å². The first-order valence-corrected chi connectivity index (χ1v) is 8.97. The van der Waals surface area contributed by atoms with Gasteiger partial charge in [-0.15, -0.1) is 17.9 Å². The summed E-state index contributed by atoms with van der Waals surface area (Å²) in [5.41, 5.74) is 1.34. The van der Waals surface area contributed by atoms with Gasteiger partial charge in [-0.3, -0.25) is 9.36 Å². The summed E-state index contributed by atoms with van der Waals surface area (Å²) in [5.74, 6) is 0.685. The summed E-state index contributed by atoms with van der Waals surface area (Å²) in [6.07, 6.45) is 8.47. The molecular weight excluding hydrogens is 294 g/mol. The maximum atomic E-state index is 12.9. The molecule has 0 saturated carbocycles. The first kappa shape index (κ1) is 15.3. The van der Waals surface area contributed by atoms with Crippen LogP contribution in [0, 0.1) is 0 Å². The van der Waals surface area contributed by atoms with Gasteiger partial charge < -0.3 is 5.32 Å². The summed E-state index contributed by atoms with van der Waals surface area (Å²) in [7, 11) is 0. The second kappa shape index (κ2) is 6.65. The molecule has 0 bridgehead atoms. The third-order valence-corrected chi connectivity index (χ3v) is 5.39. The summed E-state index contributed by atoms with van der Waals surface area (Å²) in [6, 6.07) is 0. The molecule has 0 spiro atoms. The number of hydrogen-bond donors (Lipinski definition) is 1. The van der Waals surface area contributed by atoms with E-state index in [-0.39, 0.29) is 5.56 Å². The number of nitrogens with one attached hydrogen (secondary N) is 1. The van der Waals surface area contributed by atoms with Crippen molar-refractivity contribution in [1.29, 1.82) is 0 Å². The molecule has 0 atom stereocenters. The van der Waals surface area contributed by atoms with E-state index in [1.165, 1.54) is 23.3 Å². The van der Waals surface area contributed by atoms with Crippen molar-refractivity contribution in [3.63, 3.8) is 0 Å². The Hall–Kier alpha value is -1.62. The van der Waals surface area contributed by atoms with Crippen molar-refractivity contribution in [2.24, 2.45) is 0 Å². The molecule has 0 fully saturated rings. The molecule has 2 aromatic rings. The summed E-state index contributed by atoms with van der Waals surface area (Å²) < 4.78 is 1.73. The molecule has 2 aromatic heterocycles. The summed E-state index contributed by atoms with van der Waals surface area (Å²) in [5, 5.41) is 4.17. The average molecular weight is 317 g/mol. The Morgan fingerprint density at radius 2 is 2.23 bits per heavy atom. The van der Waals surface area contributed by atoms with Crippen LogP contribution in [0.5, 0.6) is 0 Å². The van der Waals surface area contributed by atoms with E-state index in [4.69, 9.17) is 4.98 Å². The molecule has 4 nitrogen and oxygen atoms in total. The second-order valence-electron chi connectivity index (χ2n) is 5.81. The summed E-state index contributed by atoms with van der Waals surface area (Å²) in [4.78, 5) is 20.0. The highest BCUT2D eigenvalue weighted by Crippen LogP contribution is 2.34. The molecule has 0 saturated heterocycles. The van der Waals surface area contributed by atoms with Crippen LogP contribution in [0.1, 0.15) is 43.0 Å². The lowest BCUT2D eigenvalue weighted by Gasteiger charge is -2.13. The molecule has 0 aliphatic heterocycles. The van der Waals surface area contributed by atoms with Crippen LogP contribution in [-0.4, -0.2) is 16.1 Å². The van der Waals surface area contributed by atoms with Crippen molar-refractivity contribution >= 4 is 27.5 Å².